The van der Waals surface area contributed by atoms with Crippen LogP contribution in [0.4, 0.5) is 0 Å². The van der Waals surface area contributed by atoms with Gasteiger partial charge in [-0.1, -0.05) is 27.7 Å². The fraction of sp³-hybridized carbons (Fsp3) is 0.417. The van der Waals surface area contributed by atoms with Crippen LogP contribution in [0.5, 0.6) is 0 Å². The Labute approximate surface area is 124 Å². The molecule has 7 nitrogen and oxygen atoms in total. The summed E-state index contributed by atoms with van der Waals surface area (Å²) in [6.07, 6.45) is 1.58. The van der Waals surface area contributed by atoms with Gasteiger partial charge in [0.05, 0.1) is 11.7 Å². The van der Waals surface area contributed by atoms with Gasteiger partial charge in [0.15, 0.2) is 0 Å². The second-order valence-electron chi connectivity index (χ2n) is 4.43. The molecule has 0 aromatic heterocycles. The molecule has 0 saturated carbocycles. The molecule has 1 saturated heterocycles. The third-order valence-corrected chi connectivity index (χ3v) is 3.39. The Morgan fingerprint density at radius 3 is 3.10 bits per heavy atom. The average Bonchev–Trinajstić information content (AvgIpc) is 2.75. The number of aliphatic hydroxyl groups excluding tert-OH is 1. The van der Waals surface area contributed by atoms with Crippen LogP contribution >= 0.6 is 15.9 Å². The molecule has 108 valence electrons. The maximum absolute atomic E-state index is 11.7. The van der Waals surface area contributed by atoms with E-state index in [1.54, 1.807) is 22.2 Å². The first-order chi connectivity index (χ1) is 9.56. The van der Waals surface area contributed by atoms with E-state index in [0.717, 1.165) is 0 Å². The molecule has 8 heteroatoms. The quantitative estimate of drug-likeness (QED) is 0.741. The summed E-state index contributed by atoms with van der Waals surface area (Å²) in [5.41, 5.74) is 0.421. The lowest BCUT2D eigenvalue weighted by molar-refractivity contribution is -0.118. The van der Waals surface area contributed by atoms with Crippen molar-refractivity contribution in [3.8, 4) is 0 Å². The maximum atomic E-state index is 11.7. The molecule has 0 aromatic carbocycles. The minimum Gasteiger partial charge on any atom is -0.390 e. The lowest BCUT2D eigenvalue weighted by atomic mass is 10.1. The van der Waals surface area contributed by atoms with Crippen molar-refractivity contribution >= 4 is 21.8 Å². The molecule has 0 bridgehead atoms. The van der Waals surface area contributed by atoms with Crippen LogP contribution in [-0.2, 0) is 9.53 Å². The summed E-state index contributed by atoms with van der Waals surface area (Å²) in [5, 5.41) is 15.2. The fourth-order valence-corrected chi connectivity index (χ4v) is 2.41. The summed E-state index contributed by atoms with van der Waals surface area (Å²) in [5.74, 6) is 0.0882. The molecule has 2 N–H and O–H groups in total. The number of carbonyl (C=O) groups excluding carboxylic acids is 1. The van der Waals surface area contributed by atoms with E-state index in [4.69, 9.17) is 4.74 Å². The number of amides is 1. The van der Waals surface area contributed by atoms with Crippen LogP contribution in [0.1, 0.15) is 6.42 Å². The number of ether oxygens (including phenoxy) is 1. The van der Waals surface area contributed by atoms with E-state index in [9.17, 15) is 14.8 Å². The number of nitrogens with one attached hydrogen (secondary N) is 1. The highest BCUT2D eigenvalue weighted by Crippen LogP contribution is 2.28. The van der Waals surface area contributed by atoms with E-state index in [1.807, 2.05) is 0 Å². The predicted molar refractivity (Wildman–Crippen MR) is 75.2 cm³/mol. The van der Waals surface area contributed by atoms with Gasteiger partial charge in [-0.3, -0.25) is 4.79 Å². The van der Waals surface area contributed by atoms with Crippen molar-refractivity contribution in [1.82, 2.24) is 10.2 Å². The lowest BCUT2D eigenvalue weighted by Gasteiger charge is -2.32. The van der Waals surface area contributed by atoms with E-state index in [2.05, 4.69) is 33.0 Å². The molecule has 3 unspecified atom stereocenters. The van der Waals surface area contributed by atoms with Crippen molar-refractivity contribution in [3.05, 3.63) is 40.1 Å². The number of halogens is 1. The molecule has 2 heterocycles. The first-order valence-electron chi connectivity index (χ1n) is 5.96. The summed E-state index contributed by atoms with van der Waals surface area (Å²) in [6.45, 7) is 3.64. The Kier molecular flexibility index (Phi) is 4.69. The van der Waals surface area contributed by atoms with E-state index in [1.165, 1.54) is 0 Å². The van der Waals surface area contributed by atoms with Crippen LogP contribution in [-0.4, -0.2) is 40.9 Å². The van der Waals surface area contributed by atoms with Gasteiger partial charge in [0.2, 0.25) is 0 Å². The number of rotatable bonds is 4. The molecule has 2 aliphatic rings. The maximum Gasteiger partial charge on any atom is 0.258 e. The highest BCUT2D eigenvalue weighted by atomic mass is 79.9. The summed E-state index contributed by atoms with van der Waals surface area (Å²) in [7, 11) is 0. The smallest absolute Gasteiger partial charge is 0.258 e. The molecule has 20 heavy (non-hydrogen) atoms. The van der Waals surface area contributed by atoms with Gasteiger partial charge in [-0.25, -0.2) is 0 Å². The monoisotopic (exact) mass is 343 g/mol. The van der Waals surface area contributed by atoms with E-state index in [0.29, 0.717) is 17.8 Å². The molecule has 0 spiro atoms. The normalized spacial score (nSPS) is 30.6. The SMILES string of the molecule is C=C1NC(=O)C(/C=C/Br)=CN1C1CC(O)C(CN=O)O1. The van der Waals surface area contributed by atoms with Crippen LogP contribution in [0.2, 0.25) is 0 Å². The van der Waals surface area contributed by atoms with E-state index >= 15 is 0 Å². The van der Waals surface area contributed by atoms with Crippen LogP contribution in [0.15, 0.2) is 40.4 Å². The standard InChI is InChI=1S/C12H14BrN3O4/c1-7-15-12(18)8(2-3-13)6-16(7)11-4-9(17)10(20-11)5-14-19/h2-3,6,9-11,17H,1,4-5H2,(H,15,18)/b3-2+. The topological polar surface area (TPSA) is 91.2 Å². The van der Waals surface area contributed by atoms with Gasteiger partial charge in [-0.2, -0.15) is 4.91 Å². The highest BCUT2D eigenvalue weighted by Gasteiger charge is 2.38. The summed E-state index contributed by atoms with van der Waals surface area (Å²) in [6, 6.07) is 0. The zero-order chi connectivity index (χ0) is 14.7. The molecule has 1 amide bonds. The van der Waals surface area contributed by atoms with Crippen molar-refractivity contribution in [2.75, 3.05) is 6.54 Å². The minimum atomic E-state index is -0.772. The van der Waals surface area contributed by atoms with Crippen LogP contribution < -0.4 is 5.32 Å². The lowest BCUT2D eigenvalue weighted by Crippen LogP contribution is -2.42. The van der Waals surface area contributed by atoms with Crippen LogP contribution in [0.3, 0.4) is 0 Å². The Morgan fingerprint density at radius 1 is 1.70 bits per heavy atom. The van der Waals surface area contributed by atoms with Gasteiger partial charge in [0.25, 0.3) is 5.91 Å². The van der Waals surface area contributed by atoms with Crippen LogP contribution in [0, 0.1) is 4.91 Å². The largest absolute Gasteiger partial charge is 0.390 e. The Balaban J connectivity index is 2.17. The fourth-order valence-electron chi connectivity index (χ4n) is 2.12. The summed E-state index contributed by atoms with van der Waals surface area (Å²) < 4.78 is 5.58. The molecule has 3 atom stereocenters. The van der Waals surface area contributed by atoms with Crippen LogP contribution in [0.25, 0.3) is 0 Å². The zero-order valence-electron chi connectivity index (χ0n) is 10.5. The second-order valence-corrected chi connectivity index (χ2v) is 4.96. The van der Waals surface area contributed by atoms with Crippen molar-refractivity contribution in [3.63, 3.8) is 0 Å². The third kappa shape index (κ3) is 2.97. The van der Waals surface area contributed by atoms with Gasteiger partial charge in [-0.05, 0) is 11.1 Å². The van der Waals surface area contributed by atoms with Gasteiger partial charge in [0, 0.05) is 12.6 Å². The molecular formula is C12H14BrN3O4. The predicted octanol–water partition coefficient (Wildman–Crippen LogP) is 0.924. The molecule has 0 aromatic rings. The summed E-state index contributed by atoms with van der Waals surface area (Å²) >= 11 is 3.11. The van der Waals surface area contributed by atoms with Gasteiger partial charge >= 0.3 is 0 Å². The first-order valence-corrected chi connectivity index (χ1v) is 6.88. The number of nitrogens with zero attached hydrogens (tertiary/aromatic N) is 2. The molecule has 2 aliphatic heterocycles. The zero-order valence-corrected chi connectivity index (χ0v) is 12.1. The van der Waals surface area contributed by atoms with Crippen molar-refractivity contribution < 1.29 is 14.6 Å². The molecule has 0 aliphatic carbocycles. The molecule has 2 rings (SSSR count). The number of aliphatic hydroxyl groups is 1. The Bertz CT molecular complexity index is 491. The van der Waals surface area contributed by atoms with Gasteiger partial charge in [-0.15, -0.1) is 0 Å². The van der Waals surface area contributed by atoms with Gasteiger partial charge < -0.3 is 20.1 Å². The Morgan fingerprint density at radius 2 is 2.45 bits per heavy atom. The summed E-state index contributed by atoms with van der Waals surface area (Å²) in [4.78, 5) is 25.2. The van der Waals surface area contributed by atoms with Crippen molar-refractivity contribution in [2.24, 2.45) is 5.18 Å². The minimum absolute atomic E-state index is 0.109. The van der Waals surface area contributed by atoms with Crippen molar-refractivity contribution in [1.29, 1.82) is 0 Å². The number of hydrogen-bond donors (Lipinski definition) is 2. The average molecular weight is 344 g/mol. The number of carbonyl (C=O) groups is 1. The molecular weight excluding hydrogens is 330 g/mol. The molecule has 1 fully saturated rings. The highest BCUT2D eigenvalue weighted by molar-refractivity contribution is 9.11. The van der Waals surface area contributed by atoms with E-state index in [-0.39, 0.29) is 12.5 Å². The second kappa shape index (κ2) is 6.29. The first kappa shape index (κ1) is 14.9. The molecule has 0 radical (unpaired) electrons. The number of hydrogen-bond acceptors (Lipinski definition) is 6. The number of nitroso groups, excluding NO2 is 1. The van der Waals surface area contributed by atoms with E-state index < -0.39 is 18.4 Å². The van der Waals surface area contributed by atoms with Crippen molar-refractivity contribution in [2.45, 2.75) is 24.9 Å². The third-order valence-electron chi connectivity index (χ3n) is 3.12. The Hall–Kier alpha value is -1.51. The van der Waals surface area contributed by atoms with Gasteiger partial charge in [0.1, 0.15) is 24.7 Å².